The Bertz CT molecular complexity index is 513. The van der Waals surface area contributed by atoms with Crippen LogP contribution in [-0.2, 0) is 4.84 Å². The van der Waals surface area contributed by atoms with Crippen LogP contribution in [0.5, 0.6) is 0 Å². The zero-order valence-electron chi connectivity index (χ0n) is 11.5. The van der Waals surface area contributed by atoms with Crippen molar-refractivity contribution in [3.8, 4) is 0 Å². The van der Waals surface area contributed by atoms with Gasteiger partial charge in [-0.1, -0.05) is 23.4 Å². The largest absolute Gasteiger partial charge is 0.387 e. The molecule has 1 aliphatic heterocycles. The van der Waals surface area contributed by atoms with Crippen LogP contribution >= 0.6 is 0 Å². The number of benzene rings is 1. The van der Waals surface area contributed by atoms with Crippen LogP contribution in [0, 0.1) is 6.92 Å². The number of urea groups is 1. The number of amides is 2. The molecule has 102 valence electrons. The van der Waals surface area contributed by atoms with E-state index in [4.69, 9.17) is 4.84 Å². The fourth-order valence-corrected chi connectivity index (χ4v) is 2.04. The lowest BCUT2D eigenvalue weighted by molar-refractivity contribution is -0.0000958. The van der Waals surface area contributed by atoms with E-state index in [1.165, 1.54) is 0 Å². The number of nitrogens with zero attached hydrogens (tertiary/aromatic N) is 1. The van der Waals surface area contributed by atoms with Crippen molar-refractivity contribution in [2.45, 2.75) is 32.8 Å². The number of nitrogens with one attached hydrogen (secondary N) is 2. The molecule has 5 heteroatoms. The van der Waals surface area contributed by atoms with E-state index in [2.05, 4.69) is 15.8 Å². The highest BCUT2D eigenvalue weighted by molar-refractivity contribution is 5.90. The average Bonchev–Trinajstić information content (AvgIpc) is 2.71. The van der Waals surface area contributed by atoms with E-state index in [1.807, 2.05) is 45.0 Å². The van der Waals surface area contributed by atoms with Crippen molar-refractivity contribution in [3.05, 3.63) is 29.8 Å². The molecule has 19 heavy (non-hydrogen) atoms. The first-order valence-electron chi connectivity index (χ1n) is 6.31. The number of anilines is 1. The molecule has 1 atom stereocenters. The summed E-state index contributed by atoms with van der Waals surface area (Å²) in [5.74, 6) is 0. The van der Waals surface area contributed by atoms with Crippen LogP contribution in [0.2, 0.25) is 0 Å². The van der Waals surface area contributed by atoms with Gasteiger partial charge >= 0.3 is 6.03 Å². The number of carbonyl (C=O) groups excluding carboxylic acids is 1. The van der Waals surface area contributed by atoms with Crippen LogP contribution in [0.1, 0.15) is 25.8 Å². The van der Waals surface area contributed by atoms with Gasteiger partial charge in [-0.2, -0.15) is 0 Å². The molecule has 0 saturated carbocycles. The molecule has 1 aromatic carbocycles. The molecule has 2 amide bonds. The molecule has 1 aliphatic rings. The molecule has 0 saturated heterocycles. The molecule has 5 nitrogen and oxygen atoms in total. The molecule has 0 bridgehead atoms. The zero-order chi connectivity index (χ0) is 13.9. The maximum absolute atomic E-state index is 11.8. The molecule has 1 unspecified atom stereocenters. The van der Waals surface area contributed by atoms with E-state index in [1.54, 1.807) is 0 Å². The third kappa shape index (κ3) is 3.47. The van der Waals surface area contributed by atoms with Gasteiger partial charge in [0.15, 0.2) is 5.60 Å². The number of aryl methyl sites for hydroxylation is 1. The third-order valence-corrected chi connectivity index (χ3v) is 3.07. The number of hydrogen-bond donors (Lipinski definition) is 2. The predicted molar refractivity (Wildman–Crippen MR) is 75.4 cm³/mol. The summed E-state index contributed by atoms with van der Waals surface area (Å²) >= 11 is 0. The Morgan fingerprint density at radius 3 is 2.79 bits per heavy atom. The fourth-order valence-electron chi connectivity index (χ4n) is 2.04. The van der Waals surface area contributed by atoms with Gasteiger partial charge in [0.1, 0.15) is 0 Å². The van der Waals surface area contributed by atoms with Crippen molar-refractivity contribution in [2.24, 2.45) is 5.16 Å². The number of oxime groups is 1. The second-order valence-electron chi connectivity index (χ2n) is 5.17. The minimum atomic E-state index is -0.437. The van der Waals surface area contributed by atoms with Crippen LogP contribution in [-0.4, -0.2) is 23.9 Å². The van der Waals surface area contributed by atoms with Crippen molar-refractivity contribution in [3.63, 3.8) is 0 Å². The molecule has 0 aromatic heterocycles. The zero-order valence-corrected chi connectivity index (χ0v) is 11.5. The summed E-state index contributed by atoms with van der Waals surface area (Å²) in [6.07, 6.45) is 0.734. The minimum Gasteiger partial charge on any atom is -0.387 e. The second-order valence-corrected chi connectivity index (χ2v) is 5.17. The molecule has 0 spiro atoms. The lowest BCUT2D eigenvalue weighted by atomic mass is 10.0. The van der Waals surface area contributed by atoms with Crippen molar-refractivity contribution in [1.29, 1.82) is 0 Å². The van der Waals surface area contributed by atoms with Crippen LogP contribution in [0.4, 0.5) is 10.5 Å². The Morgan fingerprint density at radius 2 is 2.16 bits per heavy atom. The minimum absolute atomic E-state index is 0.233. The fraction of sp³-hybridized carbons (Fsp3) is 0.429. The van der Waals surface area contributed by atoms with Gasteiger partial charge < -0.3 is 15.5 Å². The summed E-state index contributed by atoms with van der Waals surface area (Å²) < 4.78 is 0. The van der Waals surface area contributed by atoms with Gasteiger partial charge in [0.25, 0.3) is 0 Å². The average molecular weight is 261 g/mol. The van der Waals surface area contributed by atoms with E-state index in [0.29, 0.717) is 6.54 Å². The van der Waals surface area contributed by atoms with Gasteiger partial charge in [0.2, 0.25) is 0 Å². The molecular formula is C14H19N3O2. The second kappa shape index (κ2) is 5.30. The van der Waals surface area contributed by atoms with E-state index in [0.717, 1.165) is 23.4 Å². The number of carbonyl (C=O) groups is 1. The summed E-state index contributed by atoms with van der Waals surface area (Å²) in [6.45, 7) is 6.22. The molecule has 1 heterocycles. The highest BCUT2D eigenvalue weighted by Crippen LogP contribution is 2.22. The van der Waals surface area contributed by atoms with Crippen molar-refractivity contribution < 1.29 is 9.63 Å². The third-order valence-electron chi connectivity index (χ3n) is 3.07. The molecule has 0 radical (unpaired) electrons. The van der Waals surface area contributed by atoms with Gasteiger partial charge in [-0.25, -0.2) is 4.79 Å². The Kier molecular flexibility index (Phi) is 3.74. The van der Waals surface area contributed by atoms with Crippen LogP contribution in [0.3, 0.4) is 0 Å². The van der Waals surface area contributed by atoms with E-state index in [9.17, 15) is 4.79 Å². The summed E-state index contributed by atoms with van der Waals surface area (Å²) in [7, 11) is 0. The van der Waals surface area contributed by atoms with E-state index >= 15 is 0 Å². The SMILES string of the molecule is CC1=NOC(C)(CNC(=O)Nc2ccccc2C)C1. The Hall–Kier alpha value is -2.04. The highest BCUT2D eigenvalue weighted by Gasteiger charge is 2.32. The van der Waals surface area contributed by atoms with Gasteiger partial charge in [-0.15, -0.1) is 0 Å². The smallest absolute Gasteiger partial charge is 0.319 e. The number of hydrogen-bond acceptors (Lipinski definition) is 3. The molecular weight excluding hydrogens is 242 g/mol. The standard InChI is InChI=1S/C14H19N3O2/c1-10-6-4-5-7-12(10)16-13(18)15-9-14(3)8-11(2)17-19-14/h4-7H,8-9H2,1-3H3,(H2,15,16,18). The quantitative estimate of drug-likeness (QED) is 0.878. The lowest BCUT2D eigenvalue weighted by Crippen LogP contribution is -2.42. The van der Waals surface area contributed by atoms with Gasteiger partial charge in [-0.05, 0) is 32.4 Å². The highest BCUT2D eigenvalue weighted by atomic mass is 16.7. The lowest BCUT2D eigenvalue weighted by Gasteiger charge is -2.21. The summed E-state index contributed by atoms with van der Waals surface area (Å²) in [6, 6.07) is 7.42. The van der Waals surface area contributed by atoms with E-state index < -0.39 is 5.60 Å². The first-order valence-corrected chi connectivity index (χ1v) is 6.31. The summed E-state index contributed by atoms with van der Waals surface area (Å²) in [4.78, 5) is 17.2. The Balaban J connectivity index is 1.84. The van der Waals surface area contributed by atoms with Gasteiger partial charge in [0, 0.05) is 12.1 Å². The van der Waals surface area contributed by atoms with Crippen LogP contribution < -0.4 is 10.6 Å². The van der Waals surface area contributed by atoms with Gasteiger partial charge in [0.05, 0.1) is 12.3 Å². The predicted octanol–water partition coefficient (Wildman–Crippen LogP) is 2.67. The van der Waals surface area contributed by atoms with Crippen molar-refractivity contribution >= 4 is 17.4 Å². The van der Waals surface area contributed by atoms with E-state index in [-0.39, 0.29) is 6.03 Å². The number of para-hydroxylation sites is 1. The maximum Gasteiger partial charge on any atom is 0.319 e. The molecule has 2 N–H and O–H groups in total. The molecule has 0 aliphatic carbocycles. The monoisotopic (exact) mass is 261 g/mol. The van der Waals surface area contributed by atoms with Crippen LogP contribution in [0.15, 0.2) is 29.4 Å². The topological polar surface area (TPSA) is 62.7 Å². The first kappa shape index (κ1) is 13.4. The molecule has 0 fully saturated rings. The van der Waals surface area contributed by atoms with Crippen molar-refractivity contribution in [1.82, 2.24) is 5.32 Å². The summed E-state index contributed by atoms with van der Waals surface area (Å²) in [5.41, 5.74) is 2.35. The number of rotatable bonds is 3. The van der Waals surface area contributed by atoms with Gasteiger partial charge in [-0.3, -0.25) is 0 Å². The van der Waals surface area contributed by atoms with Crippen LogP contribution in [0.25, 0.3) is 0 Å². The molecule has 1 aromatic rings. The Labute approximate surface area is 113 Å². The Morgan fingerprint density at radius 1 is 1.42 bits per heavy atom. The first-order chi connectivity index (χ1) is 8.98. The van der Waals surface area contributed by atoms with Crippen molar-refractivity contribution in [2.75, 3.05) is 11.9 Å². The maximum atomic E-state index is 11.8. The molecule has 2 rings (SSSR count). The summed E-state index contributed by atoms with van der Waals surface area (Å²) in [5, 5.41) is 9.54. The normalized spacial score (nSPS) is 21.5.